The van der Waals surface area contributed by atoms with E-state index in [2.05, 4.69) is 55.9 Å². The highest BCUT2D eigenvalue weighted by Gasteiger charge is 2.26. The fourth-order valence-electron chi connectivity index (χ4n) is 2.67. The van der Waals surface area contributed by atoms with Crippen LogP contribution in [0.4, 0.5) is 5.82 Å². The van der Waals surface area contributed by atoms with Crippen LogP contribution in [0, 0.1) is 0 Å². The molecule has 1 atom stereocenters. The molecule has 0 bridgehead atoms. The molecule has 1 saturated heterocycles. The largest absolute Gasteiger partial charge is 0.352 e. The first-order valence-corrected chi connectivity index (χ1v) is 6.96. The van der Waals surface area contributed by atoms with E-state index in [9.17, 15) is 0 Å². The van der Waals surface area contributed by atoms with E-state index in [0.717, 1.165) is 18.9 Å². The predicted octanol–water partition coefficient (Wildman–Crippen LogP) is 2.74. The number of hydrogen-bond acceptors (Lipinski definition) is 3. The first kappa shape index (κ1) is 13.3. The Morgan fingerprint density at radius 3 is 2.83 bits per heavy atom. The van der Waals surface area contributed by atoms with Gasteiger partial charge in [-0.3, -0.25) is 0 Å². The summed E-state index contributed by atoms with van der Waals surface area (Å²) in [6, 6.07) is 7.04. The molecule has 0 amide bonds. The fraction of sp³-hybridized carbons (Fsp3) is 0.667. The summed E-state index contributed by atoms with van der Waals surface area (Å²) in [6.07, 6.45) is 2.57. The van der Waals surface area contributed by atoms with Gasteiger partial charge in [0.15, 0.2) is 0 Å². The van der Waals surface area contributed by atoms with Crippen LogP contribution in [0.15, 0.2) is 18.2 Å². The Bertz CT molecular complexity index is 387. The Morgan fingerprint density at radius 2 is 2.17 bits per heavy atom. The van der Waals surface area contributed by atoms with Crippen molar-refractivity contribution in [3.8, 4) is 0 Å². The van der Waals surface area contributed by atoms with Crippen LogP contribution in [-0.4, -0.2) is 43.1 Å². The molecule has 0 N–H and O–H groups in total. The minimum Gasteiger partial charge on any atom is -0.352 e. The van der Waals surface area contributed by atoms with Crippen molar-refractivity contribution in [2.24, 2.45) is 0 Å². The van der Waals surface area contributed by atoms with Gasteiger partial charge in [-0.1, -0.05) is 19.9 Å². The topological polar surface area (TPSA) is 19.4 Å². The predicted molar refractivity (Wildman–Crippen MR) is 77.2 cm³/mol. The number of likely N-dealkylation sites (N-methyl/N-ethyl adjacent to an activating group) is 1. The van der Waals surface area contributed by atoms with Gasteiger partial charge in [0.05, 0.1) is 0 Å². The van der Waals surface area contributed by atoms with Crippen LogP contribution in [0.25, 0.3) is 0 Å². The Labute approximate surface area is 111 Å². The summed E-state index contributed by atoms with van der Waals surface area (Å²) in [5.41, 5.74) is 1.20. The molecule has 1 aliphatic rings. The Balaban J connectivity index is 2.16. The van der Waals surface area contributed by atoms with Gasteiger partial charge in [0.2, 0.25) is 0 Å². The first-order chi connectivity index (χ1) is 8.58. The van der Waals surface area contributed by atoms with Crippen LogP contribution < -0.4 is 4.90 Å². The molecule has 2 rings (SSSR count). The molecule has 1 aromatic rings. The third-order valence-electron chi connectivity index (χ3n) is 3.59. The van der Waals surface area contributed by atoms with E-state index in [-0.39, 0.29) is 0 Å². The van der Waals surface area contributed by atoms with Crippen LogP contribution in [0.3, 0.4) is 0 Å². The van der Waals surface area contributed by atoms with Crippen LogP contribution in [-0.2, 0) is 0 Å². The van der Waals surface area contributed by atoms with Gasteiger partial charge in [-0.25, -0.2) is 4.98 Å². The van der Waals surface area contributed by atoms with Crippen molar-refractivity contribution < 1.29 is 0 Å². The average Bonchev–Trinajstić information content (AvgIpc) is 2.76. The third-order valence-corrected chi connectivity index (χ3v) is 3.59. The van der Waals surface area contributed by atoms with E-state index in [1.807, 2.05) is 0 Å². The molecule has 18 heavy (non-hydrogen) atoms. The molecule has 1 aromatic heterocycles. The lowest BCUT2D eigenvalue weighted by molar-refractivity contribution is 0.371. The number of aromatic nitrogens is 1. The lowest BCUT2D eigenvalue weighted by Crippen LogP contribution is -2.38. The molecule has 0 spiro atoms. The summed E-state index contributed by atoms with van der Waals surface area (Å²) >= 11 is 0. The lowest BCUT2D eigenvalue weighted by Gasteiger charge is -2.28. The maximum absolute atomic E-state index is 4.82. The third kappa shape index (κ3) is 3.02. The summed E-state index contributed by atoms with van der Waals surface area (Å²) in [6.45, 7) is 6.67. The minimum atomic E-state index is 0.500. The quantitative estimate of drug-likeness (QED) is 0.815. The van der Waals surface area contributed by atoms with Crippen molar-refractivity contribution in [1.82, 2.24) is 9.88 Å². The molecule has 3 heteroatoms. The molecule has 0 radical (unpaired) electrons. The molecule has 100 valence electrons. The average molecular weight is 247 g/mol. The molecular weight excluding hydrogens is 222 g/mol. The number of rotatable bonds is 4. The lowest BCUT2D eigenvalue weighted by atomic mass is 10.1. The maximum Gasteiger partial charge on any atom is 0.129 e. The summed E-state index contributed by atoms with van der Waals surface area (Å²) in [7, 11) is 4.29. The standard InChI is InChI=1S/C15H25N3/c1-12(2)14-8-5-9-15(16-14)18-10-6-7-13(18)11-17(3)4/h5,8-9,12-13H,6-7,10-11H2,1-4H3. The van der Waals surface area contributed by atoms with Gasteiger partial charge in [-0.2, -0.15) is 0 Å². The van der Waals surface area contributed by atoms with Gasteiger partial charge in [-0.15, -0.1) is 0 Å². The van der Waals surface area contributed by atoms with E-state index >= 15 is 0 Å². The second-order valence-electron chi connectivity index (χ2n) is 5.83. The molecule has 1 aliphatic heterocycles. The van der Waals surface area contributed by atoms with Crippen LogP contribution in [0.1, 0.15) is 38.3 Å². The van der Waals surface area contributed by atoms with Crippen molar-refractivity contribution in [3.05, 3.63) is 23.9 Å². The normalized spacial score (nSPS) is 20.1. The van der Waals surface area contributed by atoms with Gasteiger partial charge in [0, 0.05) is 24.8 Å². The van der Waals surface area contributed by atoms with E-state index in [1.54, 1.807) is 0 Å². The zero-order valence-electron chi connectivity index (χ0n) is 12.1. The highest BCUT2D eigenvalue weighted by Crippen LogP contribution is 2.25. The van der Waals surface area contributed by atoms with Crippen molar-refractivity contribution in [2.75, 3.05) is 32.1 Å². The molecule has 0 aliphatic carbocycles. The smallest absolute Gasteiger partial charge is 0.129 e. The molecule has 1 unspecified atom stereocenters. The highest BCUT2D eigenvalue weighted by atomic mass is 15.3. The number of anilines is 1. The molecule has 1 fully saturated rings. The van der Waals surface area contributed by atoms with Crippen molar-refractivity contribution in [1.29, 1.82) is 0 Å². The maximum atomic E-state index is 4.82. The zero-order valence-corrected chi connectivity index (χ0v) is 12.1. The van der Waals surface area contributed by atoms with Gasteiger partial charge < -0.3 is 9.80 Å². The number of pyridine rings is 1. The number of hydrogen-bond donors (Lipinski definition) is 0. The molecule has 2 heterocycles. The summed E-state index contributed by atoms with van der Waals surface area (Å²) in [5, 5.41) is 0. The SMILES string of the molecule is CC(C)c1cccc(N2CCCC2CN(C)C)n1. The zero-order chi connectivity index (χ0) is 13.1. The van der Waals surface area contributed by atoms with E-state index < -0.39 is 0 Å². The van der Waals surface area contributed by atoms with Crippen LogP contribution >= 0.6 is 0 Å². The highest BCUT2D eigenvalue weighted by molar-refractivity contribution is 5.42. The van der Waals surface area contributed by atoms with Crippen molar-refractivity contribution in [3.63, 3.8) is 0 Å². The molecule has 0 aromatic carbocycles. The summed E-state index contributed by atoms with van der Waals surface area (Å²) < 4.78 is 0. The Kier molecular flexibility index (Phi) is 4.23. The van der Waals surface area contributed by atoms with Crippen molar-refractivity contribution >= 4 is 5.82 Å². The van der Waals surface area contributed by atoms with E-state index in [0.29, 0.717) is 12.0 Å². The van der Waals surface area contributed by atoms with Crippen molar-refractivity contribution in [2.45, 2.75) is 38.6 Å². The van der Waals surface area contributed by atoms with E-state index in [1.165, 1.54) is 18.5 Å². The minimum absolute atomic E-state index is 0.500. The second kappa shape index (κ2) is 5.70. The second-order valence-corrected chi connectivity index (χ2v) is 5.83. The van der Waals surface area contributed by atoms with Gasteiger partial charge in [-0.05, 0) is 45.0 Å². The fourth-order valence-corrected chi connectivity index (χ4v) is 2.67. The van der Waals surface area contributed by atoms with Gasteiger partial charge >= 0.3 is 0 Å². The van der Waals surface area contributed by atoms with Gasteiger partial charge in [0.1, 0.15) is 5.82 Å². The van der Waals surface area contributed by atoms with Crippen LogP contribution in [0.2, 0.25) is 0 Å². The molecular formula is C15H25N3. The first-order valence-electron chi connectivity index (χ1n) is 6.96. The van der Waals surface area contributed by atoms with Crippen LogP contribution in [0.5, 0.6) is 0 Å². The van der Waals surface area contributed by atoms with E-state index in [4.69, 9.17) is 4.98 Å². The Morgan fingerprint density at radius 1 is 1.39 bits per heavy atom. The van der Waals surface area contributed by atoms with Gasteiger partial charge in [0.25, 0.3) is 0 Å². The number of nitrogens with zero attached hydrogens (tertiary/aromatic N) is 3. The molecule has 3 nitrogen and oxygen atoms in total. The Hall–Kier alpha value is -1.09. The summed E-state index contributed by atoms with van der Waals surface area (Å²) in [4.78, 5) is 9.57. The summed E-state index contributed by atoms with van der Waals surface area (Å²) in [5.74, 6) is 1.66. The molecule has 0 saturated carbocycles. The monoisotopic (exact) mass is 247 g/mol.